The van der Waals surface area contributed by atoms with Gasteiger partial charge in [0, 0.05) is 25.1 Å². The molecule has 1 unspecified atom stereocenters. The second-order valence-corrected chi connectivity index (χ2v) is 11.9. The molecule has 3 aliphatic rings. The molecule has 0 nitrogen and oxygen atoms in total. The van der Waals surface area contributed by atoms with Crippen LogP contribution in [0.1, 0.15) is 95.5 Å². The van der Waals surface area contributed by atoms with E-state index in [2.05, 4.69) is 36.4 Å². The zero-order chi connectivity index (χ0) is 17.6. The van der Waals surface area contributed by atoms with Gasteiger partial charge in [0.2, 0.25) is 0 Å². The molecule has 0 aliphatic heterocycles. The molecule has 3 aliphatic carbocycles. The number of rotatable bonds is 4. The SMILES string of the molecule is C(=C1CCCCC1P(C1CCCCC1)C1CCCCC1)c1ccccc1.Cl.[Ru]. The van der Waals surface area contributed by atoms with Crippen LogP contribution in [0.4, 0.5) is 0 Å². The van der Waals surface area contributed by atoms with Gasteiger partial charge in [0.15, 0.2) is 0 Å². The summed E-state index contributed by atoms with van der Waals surface area (Å²) in [5, 5.41) is 0. The van der Waals surface area contributed by atoms with E-state index in [0.29, 0.717) is 0 Å². The Labute approximate surface area is 193 Å². The molecule has 0 heterocycles. The van der Waals surface area contributed by atoms with Gasteiger partial charge in [-0.1, -0.05) is 94.8 Å². The van der Waals surface area contributed by atoms with Gasteiger partial charge < -0.3 is 0 Å². The van der Waals surface area contributed by atoms with E-state index in [1.165, 1.54) is 69.8 Å². The predicted octanol–water partition coefficient (Wildman–Crippen LogP) is 8.58. The topological polar surface area (TPSA) is 0 Å². The summed E-state index contributed by atoms with van der Waals surface area (Å²) in [6, 6.07) is 11.2. The van der Waals surface area contributed by atoms with Gasteiger partial charge >= 0.3 is 0 Å². The second kappa shape index (κ2) is 12.9. The van der Waals surface area contributed by atoms with Crippen LogP contribution < -0.4 is 0 Å². The van der Waals surface area contributed by atoms with Gasteiger partial charge in [0.1, 0.15) is 0 Å². The van der Waals surface area contributed by atoms with Crippen molar-refractivity contribution in [1.29, 1.82) is 0 Å². The van der Waals surface area contributed by atoms with E-state index in [0.717, 1.165) is 17.0 Å². The molecular formula is C25H38ClPRu. The van der Waals surface area contributed by atoms with Crippen LogP contribution in [0.2, 0.25) is 0 Å². The molecule has 1 aromatic carbocycles. The van der Waals surface area contributed by atoms with E-state index >= 15 is 0 Å². The summed E-state index contributed by atoms with van der Waals surface area (Å²) in [5.41, 5.74) is 6.40. The zero-order valence-corrected chi connectivity index (χ0v) is 20.8. The van der Waals surface area contributed by atoms with E-state index in [-0.39, 0.29) is 39.8 Å². The van der Waals surface area contributed by atoms with Crippen molar-refractivity contribution in [2.24, 2.45) is 0 Å². The zero-order valence-electron chi connectivity index (χ0n) is 17.3. The fraction of sp³-hybridized carbons (Fsp3) is 0.680. The molecule has 3 fully saturated rings. The third-order valence-electron chi connectivity index (χ3n) is 7.13. The summed E-state index contributed by atoms with van der Waals surface area (Å²) < 4.78 is 0. The van der Waals surface area contributed by atoms with E-state index < -0.39 is 0 Å². The molecule has 3 saturated carbocycles. The van der Waals surface area contributed by atoms with Gasteiger partial charge in [-0.05, 0) is 61.8 Å². The molecule has 158 valence electrons. The van der Waals surface area contributed by atoms with Crippen LogP contribution in [-0.2, 0) is 19.5 Å². The Morgan fingerprint density at radius 1 is 0.679 bits per heavy atom. The molecular weight excluding hydrogens is 468 g/mol. The Bertz CT molecular complexity index is 557. The summed E-state index contributed by atoms with van der Waals surface area (Å²) in [6.07, 6.45) is 23.7. The second-order valence-electron chi connectivity index (χ2n) is 8.92. The van der Waals surface area contributed by atoms with Crippen LogP contribution >= 0.6 is 20.3 Å². The molecule has 0 aromatic heterocycles. The molecule has 0 radical (unpaired) electrons. The number of halogens is 1. The summed E-state index contributed by atoms with van der Waals surface area (Å²) in [7, 11) is 0.181. The van der Waals surface area contributed by atoms with E-state index in [4.69, 9.17) is 0 Å². The third kappa shape index (κ3) is 6.40. The Hall–Kier alpha value is 0.303. The average molecular weight is 506 g/mol. The quantitative estimate of drug-likeness (QED) is 0.284. The van der Waals surface area contributed by atoms with Crippen molar-refractivity contribution < 1.29 is 19.5 Å². The smallest absolute Gasteiger partial charge is 0.000889 e. The number of hydrogen-bond acceptors (Lipinski definition) is 0. The van der Waals surface area contributed by atoms with Crippen molar-refractivity contribution in [2.45, 2.75) is 107 Å². The molecule has 4 rings (SSSR count). The standard InChI is InChI=1S/C25H37P.ClH.Ru/c1-4-12-21(13-5-1)20-22-14-10-11-19-25(22)26(23-15-6-2-7-16-23)24-17-8-3-9-18-24;;/h1,4-5,12-13,20,23-25H,2-3,6-11,14-19H2;1H;. The first kappa shape index (κ1) is 24.6. The van der Waals surface area contributed by atoms with Crippen molar-refractivity contribution in [2.75, 3.05) is 0 Å². The first-order valence-electron chi connectivity index (χ1n) is 11.4. The minimum atomic E-state index is 0. The van der Waals surface area contributed by atoms with Crippen LogP contribution in [0.15, 0.2) is 35.9 Å². The Morgan fingerprint density at radius 3 is 1.79 bits per heavy atom. The predicted molar refractivity (Wildman–Crippen MR) is 125 cm³/mol. The monoisotopic (exact) mass is 506 g/mol. The van der Waals surface area contributed by atoms with Crippen molar-refractivity contribution in [3.63, 3.8) is 0 Å². The van der Waals surface area contributed by atoms with E-state index in [9.17, 15) is 0 Å². The van der Waals surface area contributed by atoms with Gasteiger partial charge in [0.05, 0.1) is 0 Å². The molecule has 0 saturated heterocycles. The maximum atomic E-state index is 2.60. The molecule has 28 heavy (non-hydrogen) atoms. The van der Waals surface area contributed by atoms with Crippen LogP contribution in [0.3, 0.4) is 0 Å². The van der Waals surface area contributed by atoms with Crippen LogP contribution in [0.5, 0.6) is 0 Å². The fourth-order valence-corrected chi connectivity index (χ4v) is 10.5. The van der Waals surface area contributed by atoms with Crippen molar-refractivity contribution in [3.05, 3.63) is 41.5 Å². The molecule has 0 spiro atoms. The molecule has 1 aromatic rings. The first-order chi connectivity index (χ1) is 12.9. The normalized spacial score (nSPS) is 25.9. The summed E-state index contributed by atoms with van der Waals surface area (Å²) in [4.78, 5) is 0. The minimum Gasteiger partial charge on any atom is -0.147 e. The molecule has 0 amide bonds. The average Bonchev–Trinajstić information content (AvgIpc) is 2.72. The molecule has 0 N–H and O–H groups in total. The van der Waals surface area contributed by atoms with Gasteiger partial charge in [-0.25, -0.2) is 0 Å². The van der Waals surface area contributed by atoms with Crippen LogP contribution in [0, 0.1) is 0 Å². The summed E-state index contributed by atoms with van der Waals surface area (Å²) in [6.45, 7) is 0. The first-order valence-corrected chi connectivity index (χ1v) is 13.0. The summed E-state index contributed by atoms with van der Waals surface area (Å²) in [5.74, 6) is 0. The largest absolute Gasteiger partial charge is 0.147 e. The maximum Gasteiger partial charge on any atom is 0.000889 e. The van der Waals surface area contributed by atoms with Crippen molar-refractivity contribution >= 4 is 26.4 Å². The Balaban J connectivity index is 0.00000140. The van der Waals surface area contributed by atoms with E-state index in [1.54, 1.807) is 25.7 Å². The van der Waals surface area contributed by atoms with Gasteiger partial charge in [0.25, 0.3) is 0 Å². The van der Waals surface area contributed by atoms with Gasteiger partial charge in [-0.15, -0.1) is 12.4 Å². The number of benzene rings is 1. The Kier molecular flexibility index (Phi) is 11.3. The van der Waals surface area contributed by atoms with Crippen molar-refractivity contribution in [1.82, 2.24) is 0 Å². The minimum absolute atomic E-state index is 0. The molecule has 0 bridgehead atoms. The van der Waals surface area contributed by atoms with Gasteiger partial charge in [-0.3, -0.25) is 0 Å². The molecule has 1 atom stereocenters. The summed E-state index contributed by atoms with van der Waals surface area (Å²) >= 11 is 0. The number of allylic oxidation sites excluding steroid dienone is 1. The Morgan fingerprint density at radius 2 is 1.21 bits per heavy atom. The van der Waals surface area contributed by atoms with E-state index in [1.807, 2.05) is 5.57 Å². The number of hydrogen-bond donors (Lipinski definition) is 0. The van der Waals surface area contributed by atoms with Crippen molar-refractivity contribution in [3.8, 4) is 0 Å². The molecule has 3 heteroatoms. The van der Waals surface area contributed by atoms with Crippen LogP contribution in [0.25, 0.3) is 6.08 Å². The van der Waals surface area contributed by atoms with Gasteiger partial charge in [-0.2, -0.15) is 0 Å². The third-order valence-corrected chi connectivity index (χ3v) is 11.2. The maximum absolute atomic E-state index is 2.60. The fourth-order valence-electron chi connectivity index (χ4n) is 5.86. The van der Waals surface area contributed by atoms with Crippen LogP contribution in [-0.4, -0.2) is 17.0 Å².